The van der Waals surface area contributed by atoms with Crippen molar-refractivity contribution in [2.75, 3.05) is 12.4 Å². The van der Waals surface area contributed by atoms with Crippen LogP contribution in [-0.4, -0.2) is 32.5 Å². The Morgan fingerprint density at radius 3 is 2.39 bits per heavy atom. The Kier molecular flexibility index (Phi) is 4.37. The number of carbonyl (C=O) groups excluding carboxylic acids is 1. The lowest BCUT2D eigenvalue weighted by Gasteiger charge is -2.18. The highest BCUT2D eigenvalue weighted by Crippen LogP contribution is 2.51. The smallest absolute Gasteiger partial charge is 0.235 e. The fourth-order valence-electron chi connectivity index (χ4n) is 3.61. The number of methoxy groups -OCH3 is 1. The molecule has 0 saturated heterocycles. The Labute approximate surface area is 163 Å². The monoisotopic (exact) mass is 377 g/mol. The summed E-state index contributed by atoms with van der Waals surface area (Å²) in [5.74, 6) is 2.06. The Morgan fingerprint density at radius 2 is 1.82 bits per heavy atom. The molecule has 3 aromatic rings. The van der Waals surface area contributed by atoms with Crippen molar-refractivity contribution in [3.05, 3.63) is 59.4 Å². The summed E-state index contributed by atoms with van der Waals surface area (Å²) in [7, 11) is 1.63. The Hall–Kier alpha value is -3.22. The van der Waals surface area contributed by atoms with Crippen molar-refractivity contribution < 1.29 is 9.53 Å². The predicted molar refractivity (Wildman–Crippen MR) is 106 cm³/mol. The molecule has 1 aromatic carbocycles. The minimum Gasteiger partial charge on any atom is -0.496 e. The number of aryl methyl sites for hydroxylation is 2. The molecule has 0 radical (unpaired) electrons. The number of ether oxygens (including phenoxy) is 1. The maximum absolute atomic E-state index is 13.0. The van der Waals surface area contributed by atoms with Gasteiger partial charge in [0.25, 0.3) is 0 Å². The molecule has 0 spiro atoms. The van der Waals surface area contributed by atoms with Crippen molar-refractivity contribution >= 4 is 11.6 Å². The van der Waals surface area contributed by atoms with Gasteiger partial charge in [-0.1, -0.05) is 18.2 Å². The molecule has 1 saturated carbocycles. The number of aromatic nitrogens is 4. The van der Waals surface area contributed by atoms with Crippen LogP contribution in [-0.2, 0) is 10.2 Å². The largest absolute Gasteiger partial charge is 0.496 e. The molecule has 1 N–H and O–H groups in total. The van der Waals surface area contributed by atoms with E-state index in [1.54, 1.807) is 19.5 Å². The van der Waals surface area contributed by atoms with E-state index < -0.39 is 5.41 Å². The number of hydrogen-bond acceptors (Lipinski definition) is 5. The van der Waals surface area contributed by atoms with Gasteiger partial charge in [0.15, 0.2) is 0 Å². The highest BCUT2D eigenvalue weighted by Gasteiger charge is 2.52. The van der Waals surface area contributed by atoms with Gasteiger partial charge in [-0.3, -0.25) is 9.36 Å². The Bertz CT molecular complexity index is 1040. The van der Waals surface area contributed by atoms with Crippen LogP contribution in [0.5, 0.6) is 5.75 Å². The Morgan fingerprint density at radius 1 is 1.14 bits per heavy atom. The molecule has 144 valence electrons. The number of para-hydroxylation sites is 1. The predicted octanol–water partition coefficient (Wildman–Crippen LogP) is 3.27. The third-order valence-electron chi connectivity index (χ3n) is 5.42. The van der Waals surface area contributed by atoms with Crippen molar-refractivity contribution in [3.8, 4) is 11.7 Å². The lowest BCUT2D eigenvalue weighted by molar-refractivity contribution is -0.118. The second-order valence-electron chi connectivity index (χ2n) is 7.17. The molecule has 1 aliphatic rings. The van der Waals surface area contributed by atoms with E-state index in [1.165, 1.54) is 0 Å². The van der Waals surface area contributed by atoms with Crippen LogP contribution in [0.2, 0.25) is 0 Å². The molecule has 28 heavy (non-hydrogen) atoms. The molecule has 2 heterocycles. The quantitative estimate of drug-likeness (QED) is 0.738. The van der Waals surface area contributed by atoms with Gasteiger partial charge in [0.2, 0.25) is 11.9 Å². The topological polar surface area (TPSA) is 81.9 Å². The van der Waals surface area contributed by atoms with Crippen LogP contribution < -0.4 is 10.1 Å². The van der Waals surface area contributed by atoms with Crippen molar-refractivity contribution in [3.63, 3.8) is 0 Å². The summed E-state index contributed by atoms with van der Waals surface area (Å²) in [4.78, 5) is 26.3. The summed E-state index contributed by atoms with van der Waals surface area (Å²) in [5.41, 5.74) is 2.91. The number of nitrogens with one attached hydrogen (secondary N) is 1. The molecule has 0 aliphatic heterocycles. The van der Waals surface area contributed by atoms with Crippen molar-refractivity contribution in [2.45, 2.75) is 39.0 Å². The molecule has 1 amide bonds. The van der Waals surface area contributed by atoms with Gasteiger partial charge in [0.1, 0.15) is 11.6 Å². The van der Waals surface area contributed by atoms with Gasteiger partial charge in [-0.25, -0.2) is 15.0 Å². The maximum Gasteiger partial charge on any atom is 0.235 e. The summed E-state index contributed by atoms with van der Waals surface area (Å²) >= 11 is 0. The molecular weight excluding hydrogens is 354 g/mol. The molecule has 0 bridgehead atoms. The number of benzene rings is 1. The third kappa shape index (κ3) is 2.93. The number of amides is 1. The highest BCUT2D eigenvalue weighted by atomic mass is 16.5. The van der Waals surface area contributed by atoms with Gasteiger partial charge in [0, 0.05) is 11.3 Å². The van der Waals surface area contributed by atoms with Gasteiger partial charge in [0.05, 0.1) is 36.3 Å². The number of hydrogen-bond donors (Lipinski definition) is 1. The molecule has 7 heteroatoms. The van der Waals surface area contributed by atoms with Crippen molar-refractivity contribution in [2.24, 2.45) is 0 Å². The summed E-state index contributed by atoms with van der Waals surface area (Å²) in [6.07, 6.45) is 4.86. The zero-order valence-electron chi connectivity index (χ0n) is 16.5. The summed E-state index contributed by atoms with van der Waals surface area (Å²) in [6, 6.07) is 7.68. The fraction of sp³-hybridized carbons (Fsp3) is 0.333. The van der Waals surface area contributed by atoms with Crippen molar-refractivity contribution in [1.29, 1.82) is 0 Å². The first-order valence-corrected chi connectivity index (χ1v) is 9.26. The minimum atomic E-state index is -0.542. The van der Waals surface area contributed by atoms with Crippen LogP contribution in [0.4, 0.5) is 5.69 Å². The molecule has 1 fully saturated rings. The summed E-state index contributed by atoms with van der Waals surface area (Å²) in [6.45, 7) is 5.86. The van der Waals surface area contributed by atoms with Crippen LogP contribution in [0.1, 0.15) is 35.6 Å². The van der Waals surface area contributed by atoms with Crippen LogP contribution in [0.15, 0.2) is 36.7 Å². The number of nitrogens with zero attached hydrogens (tertiary/aromatic N) is 4. The van der Waals surface area contributed by atoms with E-state index in [9.17, 15) is 4.79 Å². The van der Waals surface area contributed by atoms with E-state index in [1.807, 2.05) is 49.6 Å². The van der Waals surface area contributed by atoms with Gasteiger partial charge < -0.3 is 10.1 Å². The summed E-state index contributed by atoms with van der Waals surface area (Å²) < 4.78 is 7.35. The lowest BCUT2D eigenvalue weighted by atomic mass is 9.94. The molecule has 1 aliphatic carbocycles. The average Bonchev–Trinajstić information content (AvgIpc) is 3.46. The second kappa shape index (κ2) is 6.74. The van der Waals surface area contributed by atoms with E-state index in [4.69, 9.17) is 4.74 Å². The lowest BCUT2D eigenvalue weighted by Crippen LogP contribution is -2.28. The van der Waals surface area contributed by atoms with Crippen LogP contribution in [0.25, 0.3) is 5.95 Å². The average molecular weight is 377 g/mol. The number of anilines is 1. The van der Waals surface area contributed by atoms with Crippen molar-refractivity contribution in [1.82, 2.24) is 19.5 Å². The maximum atomic E-state index is 13.0. The molecular formula is C21H23N5O2. The standard InChI is InChI=1S/C21H23N5O2/c1-13-14(2)26(15(3)24-13)20-22-11-16(12-23-20)25-19(27)21(9-10-21)17-7-5-6-8-18(17)28-4/h5-8,11-12H,9-10H2,1-4H3,(H,25,27). The number of rotatable bonds is 5. The highest BCUT2D eigenvalue weighted by molar-refractivity contribution is 6.01. The third-order valence-corrected chi connectivity index (χ3v) is 5.42. The molecule has 0 unspecified atom stereocenters. The van der Waals surface area contributed by atoms with E-state index >= 15 is 0 Å². The first kappa shape index (κ1) is 18.2. The van der Waals surface area contributed by atoms with Crippen LogP contribution in [0.3, 0.4) is 0 Å². The molecule has 0 atom stereocenters. The first-order valence-electron chi connectivity index (χ1n) is 9.26. The Balaban J connectivity index is 1.56. The molecule has 7 nitrogen and oxygen atoms in total. The van der Waals surface area contributed by atoms with E-state index in [-0.39, 0.29) is 5.91 Å². The zero-order valence-corrected chi connectivity index (χ0v) is 16.5. The first-order chi connectivity index (χ1) is 13.5. The number of carbonyl (C=O) groups is 1. The zero-order chi connectivity index (χ0) is 19.9. The van der Waals surface area contributed by atoms with Crippen LogP contribution >= 0.6 is 0 Å². The number of imidazole rings is 1. The van der Waals surface area contributed by atoms with Gasteiger partial charge >= 0.3 is 0 Å². The summed E-state index contributed by atoms with van der Waals surface area (Å²) in [5, 5.41) is 2.96. The minimum absolute atomic E-state index is 0.0563. The van der Waals surface area contributed by atoms with E-state index in [0.29, 0.717) is 11.6 Å². The van der Waals surface area contributed by atoms with E-state index in [2.05, 4.69) is 20.3 Å². The van der Waals surface area contributed by atoms with Gasteiger partial charge in [-0.05, 0) is 39.7 Å². The molecule has 4 rings (SSSR count). The normalized spacial score (nSPS) is 14.6. The van der Waals surface area contributed by atoms with Gasteiger partial charge in [-0.2, -0.15) is 0 Å². The SMILES string of the molecule is COc1ccccc1C1(C(=O)Nc2cnc(-n3c(C)nc(C)c3C)nc2)CC1. The second-order valence-corrected chi connectivity index (χ2v) is 7.17. The van der Waals surface area contributed by atoms with Crippen LogP contribution in [0, 0.1) is 20.8 Å². The molecule has 2 aromatic heterocycles. The van der Waals surface area contributed by atoms with Gasteiger partial charge in [-0.15, -0.1) is 0 Å². The fourth-order valence-corrected chi connectivity index (χ4v) is 3.61. The van der Waals surface area contributed by atoms with E-state index in [0.717, 1.165) is 41.4 Å².